The number of hydrogen-bond donors (Lipinski definition) is 0. The molecular weight excluding hydrogens is 783 g/mol. The van der Waals surface area contributed by atoms with Crippen molar-refractivity contribution < 1.29 is 28.6 Å². The van der Waals surface area contributed by atoms with Gasteiger partial charge in [0.1, 0.15) is 6.10 Å². The lowest BCUT2D eigenvalue weighted by Gasteiger charge is -2.44. The van der Waals surface area contributed by atoms with E-state index in [1.165, 1.54) is 108 Å². The van der Waals surface area contributed by atoms with Crippen molar-refractivity contribution in [2.45, 2.75) is 228 Å². The van der Waals surface area contributed by atoms with Crippen molar-refractivity contribution in [2.24, 2.45) is 40.9 Å². The maximum atomic E-state index is 13.3. The Morgan fingerprint density at radius 3 is 1.75 bits per heavy atom. The molecule has 3 fully saturated rings. The number of rotatable bonds is 32. The zero-order valence-corrected chi connectivity index (χ0v) is 42.2. The van der Waals surface area contributed by atoms with Gasteiger partial charge >= 0.3 is 17.9 Å². The molecule has 0 aromatic rings. The number of nitrogens with zero attached hydrogens (tertiary/aromatic N) is 1. The van der Waals surface area contributed by atoms with Crippen molar-refractivity contribution in [3.63, 3.8) is 0 Å². The monoisotopic (exact) mass is 880 g/mol. The van der Waals surface area contributed by atoms with E-state index in [0.717, 1.165) is 73.7 Å². The number of ether oxygens (including phenoxy) is 3. The topological polar surface area (TPSA) is 82.1 Å². The van der Waals surface area contributed by atoms with Gasteiger partial charge in [0.05, 0.1) is 32.5 Å². The minimum Gasteiger partial charge on any atom is -0.466 e. The van der Waals surface area contributed by atoms with Crippen molar-refractivity contribution in [1.29, 1.82) is 0 Å². The van der Waals surface area contributed by atoms with Crippen molar-refractivity contribution in [2.75, 3.05) is 32.8 Å². The first kappa shape index (κ1) is 54.9. The van der Waals surface area contributed by atoms with Crippen LogP contribution in [0.1, 0.15) is 222 Å². The molecular formula is C56H97NO6. The van der Waals surface area contributed by atoms with E-state index in [0.29, 0.717) is 50.6 Å². The minimum absolute atomic E-state index is 0.171. The third-order valence-electron chi connectivity index (χ3n) is 14.9. The average molecular weight is 880 g/mol. The van der Waals surface area contributed by atoms with Crippen LogP contribution in [0.2, 0.25) is 0 Å². The molecule has 0 spiro atoms. The number of esters is 3. The molecule has 0 heterocycles. The Morgan fingerprint density at radius 1 is 0.651 bits per heavy atom. The van der Waals surface area contributed by atoms with E-state index in [2.05, 4.69) is 74.1 Å². The lowest BCUT2D eigenvalue weighted by Crippen LogP contribution is -2.36. The van der Waals surface area contributed by atoms with Crippen molar-refractivity contribution in [1.82, 2.24) is 4.90 Å². The minimum atomic E-state index is -0.232. The van der Waals surface area contributed by atoms with Gasteiger partial charge in [-0.25, -0.2) is 0 Å². The Hall–Kier alpha value is -2.41. The summed E-state index contributed by atoms with van der Waals surface area (Å²) in [5.74, 6) is 3.86. The van der Waals surface area contributed by atoms with Gasteiger partial charge < -0.3 is 19.1 Å². The molecule has 5 atom stereocenters. The second-order valence-electron chi connectivity index (χ2n) is 21.7. The molecule has 0 aliphatic heterocycles. The Morgan fingerprint density at radius 2 is 1.17 bits per heavy atom. The third kappa shape index (κ3) is 22.1. The summed E-state index contributed by atoms with van der Waals surface area (Å²) < 4.78 is 17.3. The molecule has 1 unspecified atom stereocenters. The predicted octanol–water partition coefficient (Wildman–Crippen LogP) is 14.7. The number of carbonyl (C=O) groups excluding carboxylic acids is 3. The van der Waals surface area contributed by atoms with Gasteiger partial charge in [0, 0.05) is 26.1 Å². The van der Waals surface area contributed by atoms with Crippen molar-refractivity contribution >= 4 is 17.9 Å². The van der Waals surface area contributed by atoms with Crippen LogP contribution >= 0.6 is 0 Å². The molecule has 7 nitrogen and oxygen atoms in total. The Labute approximate surface area is 387 Å². The fraction of sp³-hybridized carbons (Fsp3) is 0.839. The number of carbonyl (C=O) groups is 3. The Balaban J connectivity index is 1.49. The van der Waals surface area contributed by atoms with Crippen LogP contribution in [0.5, 0.6) is 0 Å². The molecule has 7 heteroatoms. The maximum Gasteiger partial charge on any atom is 0.307 e. The summed E-state index contributed by atoms with van der Waals surface area (Å²) in [6, 6.07) is 0. The van der Waals surface area contributed by atoms with Crippen molar-refractivity contribution in [3.05, 3.63) is 35.5 Å². The molecule has 0 bridgehead atoms. The number of hydrogen-bond acceptors (Lipinski definition) is 7. The molecule has 3 saturated carbocycles. The number of allylic oxidation sites excluding steroid dienone is 4. The van der Waals surface area contributed by atoms with Crippen LogP contribution in [0.25, 0.3) is 0 Å². The molecule has 0 radical (unpaired) electrons. The van der Waals surface area contributed by atoms with Gasteiger partial charge in [-0.05, 0) is 104 Å². The largest absolute Gasteiger partial charge is 0.466 e. The van der Waals surface area contributed by atoms with Crippen LogP contribution in [0, 0.1) is 40.9 Å². The van der Waals surface area contributed by atoms with Crippen LogP contribution in [0.15, 0.2) is 35.5 Å². The molecule has 0 N–H and O–H groups in total. The van der Waals surface area contributed by atoms with E-state index in [1.54, 1.807) is 5.57 Å². The molecule has 0 amide bonds. The average Bonchev–Trinajstić information content (AvgIpc) is 3.59. The van der Waals surface area contributed by atoms with Crippen LogP contribution in [0.3, 0.4) is 0 Å². The van der Waals surface area contributed by atoms with Gasteiger partial charge in [0.15, 0.2) is 0 Å². The summed E-state index contributed by atoms with van der Waals surface area (Å²) in [5.41, 5.74) is 4.39. The smallest absolute Gasteiger partial charge is 0.307 e. The van der Waals surface area contributed by atoms with E-state index in [4.69, 9.17) is 14.2 Å². The standard InChI is InChI=1S/C56H97NO6/c1-43(2)22-16-12-10-14-18-40-61-53(58)33-37-57(38-34-54(59)62-41-19-15-11-13-17-23-44(3)4)39-35-55(60)63-50-30-27-46(7)49(42-50)29-28-48-26-21-36-56(9)51(31-32-52(48)56)47(8)25-20-24-45(5)6/h28-29,43-45,47,50-52H,7,10-27,30-42H2,1-6,8-9H3/b48-28+,49-29+/t47-,50+,51-,52?,56-/m1/s1. The zero-order chi connectivity index (χ0) is 46.0. The summed E-state index contributed by atoms with van der Waals surface area (Å²) in [7, 11) is 0. The highest BCUT2D eigenvalue weighted by Crippen LogP contribution is 2.60. The summed E-state index contributed by atoms with van der Waals surface area (Å²) in [4.78, 5) is 40.8. The highest BCUT2D eigenvalue weighted by Gasteiger charge is 2.50. The summed E-state index contributed by atoms with van der Waals surface area (Å²) in [6.07, 6.45) is 31.8. The second kappa shape index (κ2) is 30.7. The van der Waals surface area contributed by atoms with E-state index < -0.39 is 0 Å². The van der Waals surface area contributed by atoms with Crippen molar-refractivity contribution in [3.8, 4) is 0 Å². The first-order valence-corrected chi connectivity index (χ1v) is 26.5. The second-order valence-corrected chi connectivity index (χ2v) is 21.7. The molecule has 0 aromatic carbocycles. The van der Waals surface area contributed by atoms with Crippen LogP contribution in [-0.2, 0) is 28.6 Å². The van der Waals surface area contributed by atoms with Gasteiger partial charge in [0.25, 0.3) is 0 Å². The molecule has 63 heavy (non-hydrogen) atoms. The summed E-state index contributed by atoms with van der Waals surface area (Å²) in [5, 5.41) is 0. The number of fused-ring (bicyclic) bond motifs is 1. The Kier molecular flexibility index (Phi) is 26.8. The quantitative estimate of drug-likeness (QED) is 0.0378. The highest BCUT2D eigenvalue weighted by molar-refractivity contribution is 5.71. The summed E-state index contributed by atoms with van der Waals surface area (Å²) >= 11 is 0. The van der Waals surface area contributed by atoms with E-state index in [1.807, 2.05) is 4.90 Å². The maximum absolute atomic E-state index is 13.3. The molecule has 0 saturated heterocycles. The molecule has 3 rings (SSSR count). The van der Waals surface area contributed by atoms with Gasteiger partial charge in [-0.2, -0.15) is 0 Å². The van der Waals surface area contributed by atoms with Crippen LogP contribution in [0.4, 0.5) is 0 Å². The third-order valence-corrected chi connectivity index (χ3v) is 14.9. The van der Waals surface area contributed by atoms with E-state index in [-0.39, 0.29) is 43.3 Å². The van der Waals surface area contributed by atoms with Gasteiger partial charge in [-0.1, -0.05) is 169 Å². The fourth-order valence-electron chi connectivity index (χ4n) is 11.0. The zero-order valence-electron chi connectivity index (χ0n) is 42.2. The number of unbranched alkanes of at least 4 members (excludes halogenated alkanes) is 8. The first-order valence-electron chi connectivity index (χ1n) is 26.5. The predicted molar refractivity (Wildman–Crippen MR) is 262 cm³/mol. The molecule has 3 aliphatic carbocycles. The van der Waals surface area contributed by atoms with Gasteiger partial charge in [-0.3, -0.25) is 14.4 Å². The van der Waals surface area contributed by atoms with Crippen LogP contribution in [-0.4, -0.2) is 61.8 Å². The highest BCUT2D eigenvalue weighted by atomic mass is 16.5. The Bertz CT molecular complexity index is 1360. The lowest BCUT2D eigenvalue weighted by atomic mass is 9.60. The SMILES string of the molecule is C=C1CC[C@H](OC(=O)CCN(CCC(=O)OCCCCCCCC(C)C)CCC(=O)OCCCCCCCC(C)C)C/C1=C\C=C1/CCC[C@@]2(C)C1CC[C@@H]2[C@H](C)CCCC(C)C. The normalized spacial score (nSPS) is 23.3. The molecule has 3 aliphatic rings. The van der Waals surface area contributed by atoms with Gasteiger partial charge in [-0.15, -0.1) is 0 Å². The molecule has 0 aromatic heterocycles. The van der Waals surface area contributed by atoms with Crippen LogP contribution < -0.4 is 0 Å². The van der Waals surface area contributed by atoms with E-state index in [9.17, 15) is 14.4 Å². The van der Waals surface area contributed by atoms with Gasteiger partial charge in [0.2, 0.25) is 0 Å². The lowest BCUT2D eigenvalue weighted by molar-refractivity contribution is -0.149. The first-order chi connectivity index (χ1) is 30.2. The fourth-order valence-corrected chi connectivity index (χ4v) is 11.0. The molecule has 362 valence electrons. The summed E-state index contributed by atoms with van der Waals surface area (Å²) in [6.45, 7) is 25.4. The van der Waals surface area contributed by atoms with E-state index >= 15 is 0 Å².